The molecule has 2 heterocycles. The fourth-order valence-electron chi connectivity index (χ4n) is 4.64. The van der Waals surface area contributed by atoms with Crippen molar-refractivity contribution in [2.75, 3.05) is 19.6 Å². The molecule has 0 spiro atoms. The fourth-order valence-corrected chi connectivity index (χ4v) is 4.64. The molecular formula is C27H34N4O2. The Labute approximate surface area is 196 Å². The highest BCUT2D eigenvalue weighted by Gasteiger charge is 2.20. The van der Waals surface area contributed by atoms with Crippen LogP contribution in [0, 0.1) is 13.8 Å². The lowest BCUT2D eigenvalue weighted by Gasteiger charge is -2.17. The number of nitrogens with one attached hydrogen (secondary N) is 1. The lowest BCUT2D eigenvalue weighted by molar-refractivity contribution is -0.130. The Kier molecular flexibility index (Phi) is 7.43. The summed E-state index contributed by atoms with van der Waals surface area (Å²) in [5.74, 6) is 1.16. The highest BCUT2D eigenvalue weighted by atomic mass is 16.2. The second-order valence-electron chi connectivity index (χ2n) is 9.08. The average Bonchev–Trinajstić information content (AvgIpc) is 3.45. The lowest BCUT2D eigenvalue weighted by atomic mass is 10.1. The highest BCUT2D eigenvalue weighted by Crippen LogP contribution is 2.19. The van der Waals surface area contributed by atoms with Crippen molar-refractivity contribution in [1.29, 1.82) is 0 Å². The van der Waals surface area contributed by atoms with Crippen LogP contribution in [0.15, 0.2) is 42.5 Å². The van der Waals surface area contributed by atoms with Crippen LogP contribution in [-0.2, 0) is 17.8 Å². The molecule has 1 aromatic heterocycles. The van der Waals surface area contributed by atoms with Gasteiger partial charge in [0.2, 0.25) is 5.91 Å². The first-order valence-corrected chi connectivity index (χ1v) is 12.1. The Hall–Kier alpha value is -3.15. The minimum absolute atomic E-state index is 0.00489. The van der Waals surface area contributed by atoms with Crippen molar-refractivity contribution in [3.63, 3.8) is 0 Å². The Morgan fingerprint density at radius 1 is 1.00 bits per heavy atom. The molecule has 2 amide bonds. The van der Waals surface area contributed by atoms with E-state index in [0.717, 1.165) is 85.2 Å². The average molecular weight is 447 g/mol. The molecule has 6 nitrogen and oxygen atoms in total. The van der Waals surface area contributed by atoms with Crippen LogP contribution in [0.5, 0.6) is 0 Å². The van der Waals surface area contributed by atoms with Crippen LogP contribution in [0.4, 0.5) is 0 Å². The van der Waals surface area contributed by atoms with E-state index in [1.54, 1.807) is 0 Å². The number of nitrogens with zero attached hydrogens (tertiary/aromatic N) is 3. The maximum Gasteiger partial charge on any atom is 0.251 e. The van der Waals surface area contributed by atoms with Gasteiger partial charge in [-0.25, -0.2) is 4.98 Å². The molecule has 1 aliphatic rings. The molecule has 174 valence electrons. The number of aromatic nitrogens is 2. The first kappa shape index (κ1) is 23.0. The van der Waals surface area contributed by atoms with Crippen molar-refractivity contribution in [2.24, 2.45) is 0 Å². The van der Waals surface area contributed by atoms with Crippen molar-refractivity contribution in [3.8, 4) is 0 Å². The number of fused-ring (bicyclic) bond motifs is 1. The van der Waals surface area contributed by atoms with Gasteiger partial charge in [-0.15, -0.1) is 0 Å². The van der Waals surface area contributed by atoms with Gasteiger partial charge in [-0.1, -0.05) is 36.2 Å². The van der Waals surface area contributed by atoms with E-state index in [2.05, 4.69) is 9.88 Å². The zero-order chi connectivity index (χ0) is 23.2. The van der Waals surface area contributed by atoms with Crippen LogP contribution in [-0.4, -0.2) is 45.9 Å². The summed E-state index contributed by atoms with van der Waals surface area (Å²) in [5.41, 5.74) is 4.90. The third-order valence-electron chi connectivity index (χ3n) is 6.48. The predicted octanol–water partition coefficient (Wildman–Crippen LogP) is 4.42. The maximum atomic E-state index is 12.8. The quantitative estimate of drug-likeness (QED) is 0.495. The number of carbonyl (C=O) groups excluding carboxylic acids is 2. The molecule has 2 aromatic carbocycles. The van der Waals surface area contributed by atoms with Crippen LogP contribution in [0.2, 0.25) is 0 Å². The minimum Gasteiger partial charge on any atom is -0.352 e. The number of likely N-dealkylation sites (tertiary alicyclic amines) is 1. The molecule has 6 heteroatoms. The molecule has 1 N–H and O–H groups in total. The summed E-state index contributed by atoms with van der Waals surface area (Å²) in [6, 6.07) is 14.0. The summed E-state index contributed by atoms with van der Waals surface area (Å²) in [4.78, 5) is 32.0. The third-order valence-corrected chi connectivity index (χ3v) is 6.48. The fraction of sp³-hybridized carbons (Fsp3) is 0.444. The molecule has 3 aromatic rings. The van der Waals surface area contributed by atoms with Crippen LogP contribution in [0.1, 0.15) is 59.4 Å². The van der Waals surface area contributed by atoms with Crippen molar-refractivity contribution in [3.05, 3.63) is 65.0 Å². The van der Waals surface area contributed by atoms with Gasteiger partial charge >= 0.3 is 0 Å². The topological polar surface area (TPSA) is 67.2 Å². The number of hydrogen-bond acceptors (Lipinski definition) is 3. The molecule has 0 bridgehead atoms. The normalized spacial score (nSPS) is 13.6. The lowest BCUT2D eigenvalue weighted by Crippen LogP contribution is -2.31. The summed E-state index contributed by atoms with van der Waals surface area (Å²) in [7, 11) is 0. The molecule has 0 atom stereocenters. The number of imidazole rings is 1. The van der Waals surface area contributed by atoms with E-state index in [1.165, 1.54) is 0 Å². The van der Waals surface area contributed by atoms with Crippen LogP contribution in [0.25, 0.3) is 11.0 Å². The van der Waals surface area contributed by atoms with Gasteiger partial charge < -0.3 is 14.8 Å². The smallest absolute Gasteiger partial charge is 0.251 e. The molecule has 0 radical (unpaired) electrons. The van der Waals surface area contributed by atoms with Gasteiger partial charge in [-0.05, 0) is 63.3 Å². The molecule has 0 aliphatic carbocycles. The van der Waals surface area contributed by atoms with Gasteiger partial charge in [0, 0.05) is 31.6 Å². The summed E-state index contributed by atoms with van der Waals surface area (Å²) >= 11 is 0. The largest absolute Gasteiger partial charge is 0.352 e. The summed E-state index contributed by atoms with van der Waals surface area (Å²) in [6.07, 6.45) is 5.92. The zero-order valence-corrected chi connectivity index (χ0v) is 19.8. The van der Waals surface area contributed by atoms with Crippen LogP contribution < -0.4 is 5.32 Å². The summed E-state index contributed by atoms with van der Waals surface area (Å²) in [6.45, 7) is 6.77. The molecule has 1 saturated heterocycles. The number of benzene rings is 2. The minimum atomic E-state index is -0.00489. The molecule has 0 unspecified atom stereocenters. The molecule has 1 fully saturated rings. The first-order chi connectivity index (χ1) is 16.0. The summed E-state index contributed by atoms with van der Waals surface area (Å²) < 4.78 is 2.10. The van der Waals surface area contributed by atoms with E-state index in [0.29, 0.717) is 13.1 Å². The van der Waals surface area contributed by atoms with Crippen molar-refractivity contribution < 1.29 is 9.59 Å². The second kappa shape index (κ2) is 10.6. The number of rotatable bonds is 9. The Bertz CT molecular complexity index is 1130. The van der Waals surface area contributed by atoms with Gasteiger partial charge in [0.1, 0.15) is 12.4 Å². The molecule has 4 rings (SSSR count). The van der Waals surface area contributed by atoms with E-state index < -0.39 is 0 Å². The van der Waals surface area contributed by atoms with Crippen molar-refractivity contribution in [1.82, 2.24) is 19.8 Å². The van der Waals surface area contributed by atoms with E-state index in [-0.39, 0.29) is 11.8 Å². The van der Waals surface area contributed by atoms with Crippen LogP contribution >= 0.6 is 0 Å². The zero-order valence-electron chi connectivity index (χ0n) is 19.8. The van der Waals surface area contributed by atoms with E-state index >= 15 is 0 Å². The van der Waals surface area contributed by atoms with Crippen molar-refractivity contribution in [2.45, 2.75) is 58.9 Å². The second-order valence-corrected chi connectivity index (χ2v) is 9.08. The third kappa shape index (κ3) is 5.62. The number of hydrogen-bond donors (Lipinski definition) is 1. The van der Waals surface area contributed by atoms with Gasteiger partial charge in [0.25, 0.3) is 5.91 Å². The van der Waals surface area contributed by atoms with E-state index in [1.807, 2.05) is 61.2 Å². The molecule has 33 heavy (non-hydrogen) atoms. The number of unbranched alkanes of at least 4 members (excludes halogenated alkanes) is 2. The SMILES string of the molecule is Cc1ccc(C(=O)NCCCCCc2nc3ccccc3n2CC(=O)N2CCCC2)c(C)c1. The van der Waals surface area contributed by atoms with E-state index in [9.17, 15) is 9.59 Å². The summed E-state index contributed by atoms with van der Waals surface area (Å²) in [5, 5.41) is 3.04. The predicted molar refractivity (Wildman–Crippen MR) is 131 cm³/mol. The van der Waals surface area contributed by atoms with Crippen LogP contribution in [0.3, 0.4) is 0 Å². The number of amides is 2. The molecule has 0 saturated carbocycles. The Balaban J connectivity index is 1.29. The molecular weight excluding hydrogens is 412 g/mol. The Morgan fingerprint density at radius 2 is 1.79 bits per heavy atom. The van der Waals surface area contributed by atoms with Gasteiger partial charge in [0.05, 0.1) is 11.0 Å². The van der Waals surface area contributed by atoms with Crippen molar-refractivity contribution >= 4 is 22.8 Å². The molecule has 1 aliphatic heterocycles. The number of carbonyl (C=O) groups is 2. The monoisotopic (exact) mass is 446 g/mol. The van der Waals surface area contributed by atoms with Gasteiger partial charge in [-0.2, -0.15) is 0 Å². The highest BCUT2D eigenvalue weighted by molar-refractivity contribution is 5.95. The number of para-hydroxylation sites is 2. The van der Waals surface area contributed by atoms with Gasteiger partial charge in [0.15, 0.2) is 0 Å². The van der Waals surface area contributed by atoms with Gasteiger partial charge in [-0.3, -0.25) is 9.59 Å². The van der Waals surface area contributed by atoms with E-state index in [4.69, 9.17) is 4.98 Å². The first-order valence-electron chi connectivity index (χ1n) is 12.1. The Morgan fingerprint density at radius 3 is 2.58 bits per heavy atom. The standard InChI is InChI=1S/C27H34N4O2/c1-20-13-14-22(21(2)18-20)27(33)28-15-7-3-4-12-25-29-23-10-5-6-11-24(23)31(25)19-26(32)30-16-8-9-17-30/h5-6,10-11,13-14,18H,3-4,7-9,12,15-17,19H2,1-2H3,(H,28,33). The maximum absolute atomic E-state index is 12.8. The number of aryl methyl sites for hydroxylation is 3.